The van der Waals surface area contributed by atoms with Gasteiger partial charge in [0.15, 0.2) is 11.6 Å². The van der Waals surface area contributed by atoms with Gasteiger partial charge in [-0.2, -0.15) is 0 Å². The average Bonchev–Trinajstić information content (AvgIpc) is 0.790. The molecule has 28 nitrogen and oxygen atoms in total. The zero-order chi connectivity index (χ0) is 88.0. The molecule has 0 radical (unpaired) electrons. The monoisotopic (exact) mass is 1670 g/mol. The van der Waals surface area contributed by atoms with Gasteiger partial charge < -0.3 is 74.1 Å². The Morgan fingerprint density at radius 1 is 0.410 bits per heavy atom. The van der Waals surface area contributed by atoms with Crippen molar-refractivity contribution in [3.05, 3.63) is 203 Å². The van der Waals surface area contributed by atoms with Crippen LogP contribution in [0.5, 0.6) is 0 Å². The maximum atomic E-state index is 14.0. The zero-order valence-corrected chi connectivity index (χ0v) is 71.5. The first-order valence-electron chi connectivity index (χ1n) is 40.8. The summed E-state index contributed by atoms with van der Waals surface area (Å²) in [6, 6.07) is 38.7. The smallest absolute Gasteiger partial charge is 0.412 e. The average molecular weight is 1670 g/mol. The predicted molar refractivity (Wildman–Crippen MR) is 468 cm³/mol. The van der Waals surface area contributed by atoms with Gasteiger partial charge in [-0.25, -0.2) is 37.5 Å². The Morgan fingerprint density at radius 3 is 1.11 bits per heavy atom. The van der Waals surface area contributed by atoms with Gasteiger partial charge in [0.25, 0.3) is 0 Å². The van der Waals surface area contributed by atoms with Gasteiger partial charge in [-0.3, -0.25) is 34.8 Å². The Bertz CT molecular complexity index is 5480. The first kappa shape index (κ1) is 89.9. The van der Waals surface area contributed by atoms with Crippen molar-refractivity contribution in [1.29, 1.82) is 0 Å². The summed E-state index contributed by atoms with van der Waals surface area (Å²) in [7, 11) is 0. The Hall–Kier alpha value is -12.9. The maximum absolute atomic E-state index is 14.0. The van der Waals surface area contributed by atoms with Gasteiger partial charge in [0.05, 0.1) is 39.8 Å². The SMILES string of the molecule is CC(C)(C)OC(=O)N1CCN(c2ccc3cc(C(=O)O)cnc3c2)CC1.CC(C)(C)OC(=O)Nc1ccc(F)cc1CC(=O)c1cnc2cc(N3CCN(C(=O)OC(C)(C)C)CC3)ccc2c1.CCOC(=O)c1cnc2cc(N3CCN(C(=O)OC(C)(C)C)CC3)ccc2c1.Nc1cc(F)ccc1CC(=O)c1cnc2cc(N3CCNCC3)ccc2c1. The number of rotatable bonds is 14. The lowest BCUT2D eigenvalue weighted by Crippen LogP contribution is -2.50. The first-order valence-corrected chi connectivity index (χ1v) is 40.8. The normalized spacial score (nSPS) is 14.6. The highest BCUT2D eigenvalue weighted by atomic mass is 19.1. The molecule has 0 aliphatic carbocycles. The van der Waals surface area contributed by atoms with Crippen LogP contribution in [0.1, 0.15) is 143 Å². The van der Waals surface area contributed by atoms with E-state index >= 15 is 0 Å². The number of carbonyl (C=O) groups is 8. The number of amides is 4. The number of carboxylic acids is 1. The fourth-order valence-corrected chi connectivity index (χ4v) is 13.8. The number of hydrogen-bond donors (Lipinski definition) is 4. The topological polar surface area (TPSA) is 327 Å². The number of fused-ring (bicyclic) bond motifs is 4. The number of nitrogens with one attached hydrogen (secondary N) is 2. The van der Waals surface area contributed by atoms with E-state index in [1.807, 2.05) is 129 Å². The quantitative estimate of drug-likeness (QED) is 0.0340. The fourth-order valence-electron chi connectivity index (χ4n) is 13.8. The number of nitrogens with zero attached hydrogens (tertiary/aromatic N) is 11. The Labute approximate surface area is 708 Å². The van der Waals surface area contributed by atoms with Gasteiger partial charge in [0.1, 0.15) is 34.0 Å². The van der Waals surface area contributed by atoms with Gasteiger partial charge in [-0.1, -0.05) is 30.3 Å². The molecular weight excluding hydrogens is 1560 g/mol. The molecule has 0 spiro atoms. The Balaban J connectivity index is 0.000000162. The van der Waals surface area contributed by atoms with Crippen molar-refractivity contribution in [2.45, 2.75) is 125 Å². The summed E-state index contributed by atoms with van der Waals surface area (Å²) >= 11 is 0. The number of halogens is 2. The number of ether oxygens (including phenoxy) is 5. The lowest BCUT2D eigenvalue weighted by atomic mass is 10.0. The molecule has 30 heteroatoms. The summed E-state index contributed by atoms with van der Waals surface area (Å²) in [5.41, 5.74) is 14.0. The van der Waals surface area contributed by atoms with Crippen LogP contribution in [-0.4, -0.2) is 221 Å². The number of nitrogens with two attached hydrogens (primary N) is 1. The molecule has 6 aromatic carbocycles. The molecule has 4 aliphatic heterocycles. The largest absolute Gasteiger partial charge is 0.478 e. The van der Waals surface area contributed by atoms with Crippen molar-refractivity contribution >= 4 is 126 Å². The maximum Gasteiger partial charge on any atom is 0.412 e. The number of carbonyl (C=O) groups excluding carboxylic acids is 7. The predicted octanol–water partition coefficient (Wildman–Crippen LogP) is 15.5. The molecule has 4 aliphatic rings. The molecular formula is C92H108F2N14O14. The lowest BCUT2D eigenvalue weighted by Gasteiger charge is -2.36. The molecule has 4 fully saturated rings. The van der Waals surface area contributed by atoms with E-state index in [-0.39, 0.29) is 59.9 Å². The van der Waals surface area contributed by atoms with Crippen LogP contribution in [0.3, 0.4) is 0 Å². The number of esters is 1. The van der Waals surface area contributed by atoms with Crippen molar-refractivity contribution in [1.82, 2.24) is 40.0 Å². The van der Waals surface area contributed by atoms with Crippen LogP contribution in [-0.2, 0) is 36.5 Å². The molecule has 5 N–H and O–H groups in total. The number of benzene rings is 6. The summed E-state index contributed by atoms with van der Waals surface area (Å²) in [6.07, 6.45) is 4.49. The summed E-state index contributed by atoms with van der Waals surface area (Å²) in [5.74, 6) is -2.62. The molecule has 0 saturated carbocycles. The molecule has 10 aromatic rings. The highest BCUT2D eigenvalue weighted by Crippen LogP contribution is 2.31. The molecule has 4 saturated heterocycles. The van der Waals surface area contributed by atoms with Gasteiger partial charge in [-0.05, 0) is 204 Å². The standard InChI is InChI=1S/C31H37FN4O5.C21H21FN4O.C21H27N3O4.C19H23N3O4/c1-30(2,3)40-28(38)34-25-10-8-23(32)16-21(25)17-27(37)22-15-20-7-9-24(18-26(20)33-19-22)35-11-13-36(14-12-35)29(39)41-31(4,5)6;22-17-3-1-14(19(23)11-17)10-21(27)16-9-15-2-4-18(12-20(15)25-13-16)26-7-5-24-6-8-26;1-5-27-19(25)16-12-15-6-7-17(13-18(15)22-14-16)23-8-10-24(11-9-23)20(26)28-21(2,3)4;1-19(2,3)26-18(25)22-8-6-21(7-9-22)15-5-4-13-10-14(17(23)24)12-20-16(13)11-15/h7-10,15-16,18-19H,11-14,17H2,1-6H3,(H,34,38);1-4,9,11-13,24H,5-8,10,23H2;6-7,12-14H,5,8-11H2,1-4H3;4-5,10-12H,6-9H2,1-3H3,(H,23,24). The summed E-state index contributed by atoms with van der Waals surface area (Å²) < 4.78 is 53.9. The van der Waals surface area contributed by atoms with Crippen LogP contribution in [0, 0.1) is 11.6 Å². The third-order valence-electron chi connectivity index (χ3n) is 20.0. The molecule has 644 valence electrons. The zero-order valence-electron chi connectivity index (χ0n) is 71.5. The van der Waals surface area contributed by atoms with Crippen molar-refractivity contribution in [2.75, 3.05) is 142 Å². The van der Waals surface area contributed by atoms with Gasteiger partial charge in [0, 0.05) is 209 Å². The van der Waals surface area contributed by atoms with Crippen LogP contribution < -0.4 is 36.0 Å². The molecule has 122 heavy (non-hydrogen) atoms. The number of piperazine rings is 4. The van der Waals surface area contributed by atoms with Crippen molar-refractivity contribution in [2.24, 2.45) is 0 Å². The number of nitrogen functional groups attached to an aromatic ring is 1. The third kappa shape index (κ3) is 25.4. The van der Waals surface area contributed by atoms with Gasteiger partial charge >= 0.3 is 36.3 Å². The minimum atomic E-state index is -0.984. The minimum Gasteiger partial charge on any atom is -0.478 e. The number of anilines is 6. The molecule has 14 rings (SSSR count). The van der Waals surface area contributed by atoms with Crippen LogP contribution in [0.15, 0.2) is 158 Å². The van der Waals surface area contributed by atoms with Crippen molar-refractivity contribution < 1.29 is 75.9 Å². The molecule has 4 amide bonds. The second kappa shape index (κ2) is 39.1. The molecule has 0 bridgehead atoms. The van der Waals surface area contributed by atoms with E-state index in [0.29, 0.717) is 106 Å². The second-order valence-electron chi connectivity index (χ2n) is 34.0. The van der Waals surface area contributed by atoms with Crippen LogP contribution >= 0.6 is 0 Å². The summed E-state index contributed by atoms with van der Waals surface area (Å²) in [4.78, 5) is 129. The molecule has 0 unspecified atom stereocenters. The number of pyridine rings is 4. The second-order valence-corrected chi connectivity index (χ2v) is 34.0. The number of carboxylic acid groups (broad SMARTS) is 1. The molecule has 4 aromatic heterocycles. The molecule has 8 heterocycles. The highest BCUT2D eigenvalue weighted by Gasteiger charge is 2.31. The van der Waals surface area contributed by atoms with E-state index in [1.54, 1.807) is 79.1 Å². The number of aromatic nitrogens is 4. The van der Waals surface area contributed by atoms with E-state index in [9.17, 15) is 47.1 Å². The first-order chi connectivity index (χ1) is 57.8. The van der Waals surface area contributed by atoms with E-state index < -0.39 is 46.1 Å². The van der Waals surface area contributed by atoms with Crippen molar-refractivity contribution in [3.8, 4) is 0 Å². The minimum absolute atomic E-state index is 0.0890. The van der Waals surface area contributed by atoms with E-state index in [2.05, 4.69) is 62.3 Å². The van der Waals surface area contributed by atoms with Crippen LogP contribution in [0.25, 0.3) is 43.6 Å². The summed E-state index contributed by atoms with van der Waals surface area (Å²) in [6.45, 7) is 35.7. The van der Waals surface area contributed by atoms with E-state index in [1.165, 1.54) is 42.7 Å². The number of hydrogen-bond acceptors (Lipinski definition) is 23. The van der Waals surface area contributed by atoms with Gasteiger partial charge in [0.2, 0.25) is 0 Å². The number of Topliss-reactive ketones (excluding diaryl/α,β-unsaturated/α-hetero) is 2. The van der Waals surface area contributed by atoms with Crippen LogP contribution in [0.4, 0.5) is 62.1 Å². The van der Waals surface area contributed by atoms with E-state index in [0.717, 1.165) is 106 Å². The van der Waals surface area contributed by atoms with Crippen LogP contribution in [0.2, 0.25) is 0 Å². The Morgan fingerprint density at radius 2 is 0.746 bits per heavy atom. The number of aromatic carboxylic acids is 1. The number of ketones is 2. The van der Waals surface area contributed by atoms with Gasteiger partial charge in [-0.15, -0.1) is 0 Å². The third-order valence-corrected chi connectivity index (χ3v) is 20.0. The fraction of sp³-hybridized carbons (Fsp3) is 0.391. The lowest BCUT2D eigenvalue weighted by molar-refractivity contribution is 0.0230. The highest BCUT2D eigenvalue weighted by molar-refractivity contribution is 6.03. The van der Waals surface area contributed by atoms with E-state index in [4.69, 9.17) is 34.5 Å². The van der Waals surface area contributed by atoms with Crippen molar-refractivity contribution in [3.63, 3.8) is 0 Å². The summed E-state index contributed by atoms with van der Waals surface area (Å²) in [5, 5.41) is 18.4. The molecule has 0 atom stereocenters. The Kier molecular flexibility index (Phi) is 28.8.